The van der Waals surface area contributed by atoms with E-state index in [4.69, 9.17) is 0 Å². The number of hydrogen-bond donors (Lipinski definition) is 2. The van der Waals surface area contributed by atoms with Gasteiger partial charge in [-0.1, -0.05) is 6.92 Å². The Morgan fingerprint density at radius 2 is 1.78 bits per heavy atom. The third-order valence-electron chi connectivity index (χ3n) is 2.47. The summed E-state index contributed by atoms with van der Waals surface area (Å²) in [7, 11) is 4.13. The predicted molar refractivity (Wildman–Crippen MR) is 77.2 cm³/mol. The summed E-state index contributed by atoms with van der Waals surface area (Å²) in [6.45, 7) is 6.97. The summed E-state index contributed by atoms with van der Waals surface area (Å²) in [5.41, 5.74) is 0. The van der Waals surface area contributed by atoms with E-state index >= 15 is 0 Å². The highest BCUT2D eigenvalue weighted by atomic mass is 15.1. The van der Waals surface area contributed by atoms with E-state index in [1.54, 1.807) is 0 Å². The van der Waals surface area contributed by atoms with E-state index in [1.165, 1.54) is 0 Å². The molecule has 1 heterocycles. The number of aryl methyl sites for hydroxylation is 1. The lowest BCUT2D eigenvalue weighted by Gasteiger charge is -2.12. The van der Waals surface area contributed by atoms with E-state index in [9.17, 15) is 0 Å². The number of hydrogen-bond acceptors (Lipinski definition) is 5. The molecule has 0 amide bonds. The van der Waals surface area contributed by atoms with Crippen molar-refractivity contribution in [3.8, 4) is 0 Å². The molecular formula is C13H25N5. The summed E-state index contributed by atoms with van der Waals surface area (Å²) in [4.78, 5) is 11.2. The third-order valence-corrected chi connectivity index (χ3v) is 2.47. The largest absolute Gasteiger partial charge is 0.370 e. The second-order valence-corrected chi connectivity index (χ2v) is 4.57. The molecule has 1 aromatic heterocycles. The first-order valence-corrected chi connectivity index (χ1v) is 6.66. The van der Waals surface area contributed by atoms with Crippen LogP contribution in [-0.2, 0) is 6.42 Å². The van der Waals surface area contributed by atoms with Crippen molar-refractivity contribution in [2.75, 3.05) is 44.4 Å². The van der Waals surface area contributed by atoms with Crippen molar-refractivity contribution in [3.63, 3.8) is 0 Å². The van der Waals surface area contributed by atoms with Gasteiger partial charge in [0.25, 0.3) is 0 Å². The zero-order valence-electron chi connectivity index (χ0n) is 12.0. The molecule has 0 atom stereocenters. The topological polar surface area (TPSA) is 53.1 Å². The lowest BCUT2D eigenvalue weighted by Crippen LogP contribution is -2.21. The molecule has 2 N–H and O–H groups in total. The van der Waals surface area contributed by atoms with Crippen molar-refractivity contribution in [2.24, 2.45) is 0 Å². The van der Waals surface area contributed by atoms with Crippen molar-refractivity contribution in [3.05, 3.63) is 11.9 Å². The maximum absolute atomic E-state index is 4.52. The summed E-state index contributed by atoms with van der Waals surface area (Å²) >= 11 is 0. The normalized spacial score (nSPS) is 10.7. The molecule has 0 bridgehead atoms. The number of aromatic nitrogens is 2. The van der Waals surface area contributed by atoms with Gasteiger partial charge >= 0.3 is 0 Å². The van der Waals surface area contributed by atoms with Gasteiger partial charge in [-0.3, -0.25) is 0 Å². The molecule has 1 rings (SSSR count). The summed E-state index contributed by atoms with van der Waals surface area (Å²) in [6.07, 6.45) is 1.98. The summed E-state index contributed by atoms with van der Waals surface area (Å²) in [5, 5.41) is 6.59. The van der Waals surface area contributed by atoms with Crippen LogP contribution in [0.2, 0.25) is 0 Å². The van der Waals surface area contributed by atoms with Crippen molar-refractivity contribution < 1.29 is 0 Å². The molecular weight excluding hydrogens is 226 g/mol. The van der Waals surface area contributed by atoms with Gasteiger partial charge in [0.2, 0.25) is 0 Å². The van der Waals surface area contributed by atoms with E-state index in [0.717, 1.165) is 49.9 Å². The molecule has 0 aromatic carbocycles. The maximum atomic E-state index is 4.52. The molecule has 0 aliphatic heterocycles. The molecule has 5 heteroatoms. The molecule has 0 saturated carbocycles. The molecule has 1 aromatic rings. The average Bonchev–Trinajstić information content (AvgIpc) is 2.29. The minimum absolute atomic E-state index is 0.875. The zero-order chi connectivity index (χ0) is 13.4. The number of nitrogens with one attached hydrogen (secondary N) is 2. The van der Waals surface area contributed by atoms with E-state index in [0.29, 0.717) is 0 Å². The van der Waals surface area contributed by atoms with Crippen LogP contribution in [0.5, 0.6) is 0 Å². The minimum atomic E-state index is 0.875. The molecule has 0 aliphatic carbocycles. The van der Waals surface area contributed by atoms with Gasteiger partial charge in [0.1, 0.15) is 17.5 Å². The summed E-state index contributed by atoms with van der Waals surface area (Å²) < 4.78 is 0. The molecule has 0 fully saturated rings. The van der Waals surface area contributed by atoms with Gasteiger partial charge in [-0.25, -0.2) is 9.97 Å². The van der Waals surface area contributed by atoms with Gasteiger partial charge in [0.05, 0.1) is 0 Å². The first-order valence-electron chi connectivity index (χ1n) is 6.66. The van der Waals surface area contributed by atoms with Gasteiger partial charge in [0.15, 0.2) is 0 Å². The second kappa shape index (κ2) is 7.87. The third kappa shape index (κ3) is 5.31. The number of anilines is 2. The molecule has 102 valence electrons. The quantitative estimate of drug-likeness (QED) is 0.738. The maximum Gasteiger partial charge on any atom is 0.133 e. The predicted octanol–water partition coefficient (Wildman–Crippen LogP) is 1.83. The fourth-order valence-electron chi connectivity index (χ4n) is 1.60. The first-order chi connectivity index (χ1) is 8.65. The number of nitrogens with zero attached hydrogens (tertiary/aromatic N) is 3. The summed E-state index contributed by atoms with van der Waals surface area (Å²) in [6, 6.07) is 1.97. The van der Waals surface area contributed by atoms with Crippen LogP contribution in [0.15, 0.2) is 6.07 Å². The van der Waals surface area contributed by atoms with Crippen molar-refractivity contribution in [2.45, 2.75) is 26.7 Å². The van der Waals surface area contributed by atoms with Crippen LogP contribution in [0, 0.1) is 0 Å². The Labute approximate surface area is 110 Å². The molecule has 0 radical (unpaired) electrons. The van der Waals surface area contributed by atoms with Crippen LogP contribution in [0.3, 0.4) is 0 Å². The van der Waals surface area contributed by atoms with Gasteiger partial charge in [0, 0.05) is 32.1 Å². The van der Waals surface area contributed by atoms with Gasteiger partial charge in [-0.05, 0) is 27.4 Å². The van der Waals surface area contributed by atoms with Crippen LogP contribution in [-0.4, -0.2) is 48.6 Å². The monoisotopic (exact) mass is 251 g/mol. The SMILES string of the molecule is CCCc1nc(NCC)cc(NCCN(C)C)n1. The highest BCUT2D eigenvalue weighted by Crippen LogP contribution is 2.12. The molecule has 0 saturated heterocycles. The van der Waals surface area contributed by atoms with E-state index in [1.807, 2.05) is 6.07 Å². The van der Waals surface area contributed by atoms with Crippen LogP contribution in [0.4, 0.5) is 11.6 Å². The molecule has 0 aliphatic rings. The van der Waals surface area contributed by atoms with Gasteiger partial charge < -0.3 is 15.5 Å². The van der Waals surface area contributed by atoms with Crippen LogP contribution >= 0.6 is 0 Å². The van der Waals surface area contributed by atoms with Crippen molar-refractivity contribution >= 4 is 11.6 Å². The Bertz CT molecular complexity index is 327. The Hall–Kier alpha value is -1.36. The molecule has 5 nitrogen and oxygen atoms in total. The minimum Gasteiger partial charge on any atom is -0.370 e. The number of likely N-dealkylation sites (N-methyl/N-ethyl adjacent to an activating group) is 1. The fraction of sp³-hybridized carbons (Fsp3) is 0.692. The van der Waals surface area contributed by atoms with E-state index < -0.39 is 0 Å². The fourth-order valence-corrected chi connectivity index (χ4v) is 1.60. The van der Waals surface area contributed by atoms with E-state index in [2.05, 4.69) is 53.4 Å². The van der Waals surface area contributed by atoms with Crippen LogP contribution in [0.25, 0.3) is 0 Å². The van der Waals surface area contributed by atoms with Crippen molar-refractivity contribution in [1.82, 2.24) is 14.9 Å². The Morgan fingerprint density at radius 1 is 1.11 bits per heavy atom. The first kappa shape index (κ1) is 14.7. The van der Waals surface area contributed by atoms with Gasteiger partial charge in [-0.15, -0.1) is 0 Å². The average molecular weight is 251 g/mol. The van der Waals surface area contributed by atoms with Crippen LogP contribution in [0.1, 0.15) is 26.1 Å². The van der Waals surface area contributed by atoms with Gasteiger partial charge in [-0.2, -0.15) is 0 Å². The highest BCUT2D eigenvalue weighted by Gasteiger charge is 2.03. The Morgan fingerprint density at radius 3 is 2.33 bits per heavy atom. The molecule has 18 heavy (non-hydrogen) atoms. The standard InChI is InChI=1S/C13H25N5/c1-5-7-11-16-12(14-6-2)10-13(17-11)15-8-9-18(3)4/h10H,5-9H2,1-4H3,(H2,14,15,16,17). The smallest absolute Gasteiger partial charge is 0.133 e. The molecule has 0 spiro atoms. The zero-order valence-corrected chi connectivity index (χ0v) is 12.0. The second-order valence-electron chi connectivity index (χ2n) is 4.57. The lowest BCUT2D eigenvalue weighted by atomic mass is 10.3. The Balaban J connectivity index is 2.69. The molecule has 0 unspecified atom stereocenters. The lowest BCUT2D eigenvalue weighted by molar-refractivity contribution is 0.425. The van der Waals surface area contributed by atoms with Crippen LogP contribution < -0.4 is 10.6 Å². The Kier molecular flexibility index (Phi) is 6.43. The summed E-state index contributed by atoms with van der Waals surface area (Å²) in [5.74, 6) is 2.72. The van der Waals surface area contributed by atoms with Crippen molar-refractivity contribution in [1.29, 1.82) is 0 Å². The van der Waals surface area contributed by atoms with E-state index in [-0.39, 0.29) is 0 Å². The highest BCUT2D eigenvalue weighted by molar-refractivity contribution is 5.47. The number of rotatable bonds is 8.